The van der Waals surface area contributed by atoms with E-state index in [1.165, 1.54) is 24.3 Å². The van der Waals surface area contributed by atoms with Gasteiger partial charge in [-0.3, -0.25) is 10.1 Å². The molecule has 1 aromatic carbocycles. The van der Waals surface area contributed by atoms with Gasteiger partial charge >= 0.3 is 12.1 Å². The SMILES string of the molecule is CC(C)(C)OC(=O)NC(Cc1ccc([N+](=O)[O-])cc1)C(=O)OC(C)(C)C. The first-order chi connectivity index (χ1) is 11.8. The van der Waals surface area contributed by atoms with Crippen molar-refractivity contribution < 1.29 is 24.0 Å². The molecule has 0 saturated carbocycles. The molecule has 1 atom stereocenters. The predicted octanol–water partition coefficient (Wildman–Crippen LogP) is 3.37. The standard InChI is InChI=1S/C18H26N2O6/c1-17(2,3)25-15(21)14(19-16(22)26-18(4,5)6)11-12-7-9-13(10-8-12)20(23)24/h7-10,14H,11H2,1-6H3,(H,19,22). The van der Waals surface area contributed by atoms with E-state index in [9.17, 15) is 19.7 Å². The minimum absolute atomic E-state index is 0.0531. The van der Waals surface area contributed by atoms with Crippen LogP contribution < -0.4 is 5.32 Å². The molecule has 144 valence electrons. The molecule has 0 radical (unpaired) electrons. The maximum atomic E-state index is 12.4. The van der Waals surface area contributed by atoms with Crippen molar-refractivity contribution in [1.82, 2.24) is 5.32 Å². The molecule has 0 aliphatic rings. The zero-order valence-electron chi connectivity index (χ0n) is 16.0. The largest absolute Gasteiger partial charge is 0.458 e. The highest BCUT2D eigenvalue weighted by Crippen LogP contribution is 2.16. The topological polar surface area (TPSA) is 108 Å². The van der Waals surface area contributed by atoms with Gasteiger partial charge in [0, 0.05) is 18.6 Å². The molecule has 0 aliphatic heterocycles. The van der Waals surface area contributed by atoms with Crippen LogP contribution in [0.2, 0.25) is 0 Å². The number of carbonyl (C=O) groups excluding carboxylic acids is 2. The van der Waals surface area contributed by atoms with E-state index in [0.29, 0.717) is 5.56 Å². The fourth-order valence-corrected chi connectivity index (χ4v) is 2.01. The number of esters is 1. The van der Waals surface area contributed by atoms with Crippen LogP contribution in [0.25, 0.3) is 0 Å². The quantitative estimate of drug-likeness (QED) is 0.486. The van der Waals surface area contributed by atoms with Crippen molar-refractivity contribution in [1.29, 1.82) is 0 Å². The van der Waals surface area contributed by atoms with Gasteiger partial charge in [-0.15, -0.1) is 0 Å². The summed E-state index contributed by atoms with van der Waals surface area (Å²) in [5.74, 6) is -0.610. The number of ether oxygens (including phenoxy) is 2. The number of alkyl carbamates (subject to hydrolysis) is 1. The number of hydrogen-bond donors (Lipinski definition) is 1. The molecule has 1 unspecified atom stereocenters. The molecule has 1 aromatic rings. The Hall–Kier alpha value is -2.64. The summed E-state index contributed by atoms with van der Waals surface area (Å²) in [5, 5.41) is 13.2. The van der Waals surface area contributed by atoms with Gasteiger partial charge in [-0.25, -0.2) is 9.59 Å². The summed E-state index contributed by atoms with van der Waals surface area (Å²) in [6, 6.07) is 4.77. The van der Waals surface area contributed by atoms with E-state index in [1.807, 2.05) is 0 Å². The van der Waals surface area contributed by atoms with E-state index in [1.54, 1.807) is 41.5 Å². The Morgan fingerprint density at radius 2 is 1.54 bits per heavy atom. The van der Waals surface area contributed by atoms with E-state index in [4.69, 9.17) is 9.47 Å². The lowest BCUT2D eigenvalue weighted by Gasteiger charge is -2.26. The van der Waals surface area contributed by atoms with Crippen LogP contribution in [-0.4, -0.2) is 34.2 Å². The summed E-state index contributed by atoms with van der Waals surface area (Å²) in [6.45, 7) is 10.3. The van der Waals surface area contributed by atoms with Crippen LogP contribution >= 0.6 is 0 Å². The van der Waals surface area contributed by atoms with Crippen molar-refractivity contribution in [2.24, 2.45) is 0 Å². The van der Waals surface area contributed by atoms with Crippen molar-refractivity contribution in [3.63, 3.8) is 0 Å². The third kappa shape index (κ3) is 7.96. The number of nitrogens with one attached hydrogen (secondary N) is 1. The molecule has 0 saturated heterocycles. The second-order valence-corrected chi connectivity index (χ2v) is 7.86. The molecule has 8 heteroatoms. The highest BCUT2D eigenvalue weighted by Gasteiger charge is 2.29. The van der Waals surface area contributed by atoms with Gasteiger partial charge in [0.25, 0.3) is 5.69 Å². The smallest absolute Gasteiger partial charge is 0.408 e. The van der Waals surface area contributed by atoms with Gasteiger partial charge in [0.05, 0.1) is 4.92 Å². The van der Waals surface area contributed by atoms with Gasteiger partial charge in [-0.2, -0.15) is 0 Å². The van der Waals surface area contributed by atoms with Crippen LogP contribution in [-0.2, 0) is 20.7 Å². The van der Waals surface area contributed by atoms with Crippen LogP contribution in [0.5, 0.6) is 0 Å². The number of rotatable bonds is 5. The van der Waals surface area contributed by atoms with Crippen molar-refractivity contribution >= 4 is 17.7 Å². The van der Waals surface area contributed by atoms with Gasteiger partial charge in [0.1, 0.15) is 17.2 Å². The summed E-state index contributed by atoms with van der Waals surface area (Å²) in [5.41, 5.74) is -0.846. The van der Waals surface area contributed by atoms with E-state index < -0.39 is 34.2 Å². The van der Waals surface area contributed by atoms with Gasteiger partial charge < -0.3 is 14.8 Å². The first-order valence-electron chi connectivity index (χ1n) is 8.22. The number of nitrogens with zero attached hydrogens (tertiary/aromatic N) is 1. The molecular formula is C18H26N2O6. The average molecular weight is 366 g/mol. The number of benzene rings is 1. The van der Waals surface area contributed by atoms with Crippen molar-refractivity contribution in [3.05, 3.63) is 39.9 Å². The summed E-state index contributed by atoms with van der Waals surface area (Å²) < 4.78 is 10.5. The summed E-state index contributed by atoms with van der Waals surface area (Å²) >= 11 is 0. The first-order valence-corrected chi connectivity index (χ1v) is 8.22. The molecule has 0 bridgehead atoms. The number of non-ortho nitro benzene ring substituents is 1. The predicted molar refractivity (Wildman–Crippen MR) is 95.8 cm³/mol. The van der Waals surface area contributed by atoms with Crippen molar-refractivity contribution in [2.45, 2.75) is 65.2 Å². The molecule has 26 heavy (non-hydrogen) atoms. The third-order valence-electron chi connectivity index (χ3n) is 2.97. The second kappa shape index (κ2) is 8.16. The van der Waals surface area contributed by atoms with E-state index in [0.717, 1.165) is 0 Å². The maximum absolute atomic E-state index is 12.4. The molecule has 0 spiro atoms. The summed E-state index contributed by atoms with van der Waals surface area (Å²) in [4.78, 5) is 34.7. The van der Waals surface area contributed by atoms with Crippen LogP contribution in [0, 0.1) is 10.1 Å². The van der Waals surface area contributed by atoms with Gasteiger partial charge in [-0.05, 0) is 47.1 Å². The summed E-state index contributed by atoms with van der Waals surface area (Å²) in [6.07, 6.45) is -0.623. The highest BCUT2D eigenvalue weighted by molar-refractivity contribution is 5.82. The Morgan fingerprint density at radius 1 is 1.04 bits per heavy atom. The Morgan fingerprint density at radius 3 is 1.96 bits per heavy atom. The number of nitro groups is 1. The fourth-order valence-electron chi connectivity index (χ4n) is 2.01. The van der Waals surface area contributed by atoms with Crippen LogP contribution in [0.4, 0.5) is 10.5 Å². The molecule has 1 rings (SSSR count). The normalized spacial score (nSPS) is 12.8. The molecule has 8 nitrogen and oxygen atoms in total. The minimum atomic E-state index is -0.981. The monoisotopic (exact) mass is 366 g/mol. The van der Waals surface area contributed by atoms with E-state index in [2.05, 4.69) is 5.32 Å². The molecule has 1 amide bonds. The van der Waals surface area contributed by atoms with Crippen molar-refractivity contribution in [2.75, 3.05) is 0 Å². The van der Waals surface area contributed by atoms with Crippen LogP contribution in [0.3, 0.4) is 0 Å². The van der Waals surface area contributed by atoms with Crippen LogP contribution in [0.15, 0.2) is 24.3 Å². The third-order valence-corrected chi connectivity index (χ3v) is 2.97. The van der Waals surface area contributed by atoms with Gasteiger partial charge in [0.2, 0.25) is 0 Å². The molecular weight excluding hydrogens is 340 g/mol. The first kappa shape index (κ1) is 21.4. The fraction of sp³-hybridized carbons (Fsp3) is 0.556. The number of hydrogen-bond acceptors (Lipinski definition) is 6. The summed E-state index contributed by atoms with van der Waals surface area (Å²) in [7, 11) is 0. The molecule has 1 N–H and O–H groups in total. The lowest BCUT2D eigenvalue weighted by molar-refractivity contribution is -0.384. The Kier molecular flexibility index (Phi) is 6.72. The zero-order valence-corrected chi connectivity index (χ0v) is 16.0. The molecule has 0 fully saturated rings. The lowest BCUT2D eigenvalue weighted by atomic mass is 10.1. The Labute approximate surface area is 153 Å². The van der Waals surface area contributed by atoms with Gasteiger partial charge in [0.15, 0.2) is 0 Å². The second-order valence-electron chi connectivity index (χ2n) is 7.86. The molecule has 0 aliphatic carbocycles. The van der Waals surface area contributed by atoms with Crippen molar-refractivity contribution in [3.8, 4) is 0 Å². The highest BCUT2D eigenvalue weighted by atomic mass is 16.6. The molecule has 0 heterocycles. The molecule has 0 aromatic heterocycles. The van der Waals surface area contributed by atoms with E-state index >= 15 is 0 Å². The Bertz CT molecular complexity index is 656. The number of carbonyl (C=O) groups is 2. The number of nitro benzene ring substituents is 1. The maximum Gasteiger partial charge on any atom is 0.408 e. The van der Waals surface area contributed by atoms with Crippen LogP contribution in [0.1, 0.15) is 47.1 Å². The lowest BCUT2D eigenvalue weighted by Crippen LogP contribution is -2.47. The van der Waals surface area contributed by atoms with E-state index in [-0.39, 0.29) is 12.1 Å². The van der Waals surface area contributed by atoms with Gasteiger partial charge in [-0.1, -0.05) is 12.1 Å². The average Bonchev–Trinajstić information content (AvgIpc) is 2.43. The Balaban J connectivity index is 2.94. The minimum Gasteiger partial charge on any atom is -0.458 e. The zero-order chi connectivity index (χ0) is 20.1. The number of amides is 1.